The van der Waals surface area contributed by atoms with Crippen molar-refractivity contribution in [3.63, 3.8) is 0 Å². The summed E-state index contributed by atoms with van der Waals surface area (Å²) in [5.74, 6) is 1.22. The average Bonchev–Trinajstić information content (AvgIpc) is 2.77. The van der Waals surface area contributed by atoms with Crippen LogP contribution in [-0.4, -0.2) is 25.5 Å². The molecule has 1 aromatic rings. The fourth-order valence-electron chi connectivity index (χ4n) is 1.76. The molecule has 1 saturated heterocycles. The van der Waals surface area contributed by atoms with E-state index in [9.17, 15) is 13.7 Å². The number of hydrogen-bond donors (Lipinski definition) is 1. The molecule has 0 aromatic heterocycles. The van der Waals surface area contributed by atoms with Gasteiger partial charge in [0.25, 0.3) is 0 Å². The van der Waals surface area contributed by atoms with Crippen LogP contribution in [0, 0.1) is 11.3 Å². The zero-order valence-electron chi connectivity index (χ0n) is 9.69. The molecule has 0 radical (unpaired) electrons. The molecule has 2 rings (SSSR count). The lowest BCUT2D eigenvalue weighted by atomic mass is 10.0. The first-order valence-electron chi connectivity index (χ1n) is 5.37. The van der Waals surface area contributed by atoms with Gasteiger partial charge in [0.15, 0.2) is 0 Å². The molecule has 19 heavy (non-hydrogen) atoms. The van der Waals surface area contributed by atoms with Crippen LogP contribution in [0.3, 0.4) is 0 Å². The largest absolute Gasteiger partial charge is 0.243 e. The molecule has 1 N–H and O–H groups in total. The molecule has 1 fully saturated rings. The Morgan fingerprint density at radius 1 is 1.53 bits per heavy atom. The molecule has 1 unspecified atom stereocenters. The number of nitrogens with zero attached hydrogens (tertiary/aromatic N) is 1. The highest BCUT2D eigenvalue weighted by molar-refractivity contribution is 9.10. The molecule has 8 heteroatoms. The van der Waals surface area contributed by atoms with Gasteiger partial charge in [0.05, 0.1) is 11.1 Å². The predicted molar refractivity (Wildman–Crippen MR) is 79.8 cm³/mol. The summed E-state index contributed by atoms with van der Waals surface area (Å²) in [4.78, 5) is -0.0103. The van der Waals surface area contributed by atoms with Gasteiger partial charge in [-0.1, -0.05) is 27.5 Å². The van der Waals surface area contributed by atoms with Crippen LogP contribution in [-0.2, 0) is 10.0 Å². The number of nitriles is 1. The first-order valence-corrected chi connectivity index (χ1v) is 9.17. The molecular formula is C11H10BrClN2O2S2. The standard InChI is InChI=1S/C11H10BrClN2O2S2/c12-8-1-2-10(9(13)5-8)19(16,17)15-11(6-14)3-4-18-7-11/h1-2,5,15H,3-4,7H2. The first-order chi connectivity index (χ1) is 8.88. The lowest BCUT2D eigenvalue weighted by Gasteiger charge is -2.21. The highest BCUT2D eigenvalue weighted by Crippen LogP contribution is 2.31. The maximum Gasteiger partial charge on any atom is 0.243 e. The van der Waals surface area contributed by atoms with Crippen molar-refractivity contribution in [1.82, 2.24) is 4.72 Å². The molecule has 0 bridgehead atoms. The van der Waals surface area contributed by atoms with Crippen LogP contribution < -0.4 is 4.72 Å². The number of rotatable bonds is 3. The molecule has 1 aliphatic heterocycles. The Morgan fingerprint density at radius 3 is 2.79 bits per heavy atom. The van der Waals surface area contributed by atoms with E-state index in [4.69, 9.17) is 11.6 Å². The Kier molecular flexibility index (Phi) is 4.48. The van der Waals surface area contributed by atoms with E-state index in [1.165, 1.54) is 12.1 Å². The minimum absolute atomic E-state index is 0.0103. The van der Waals surface area contributed by atoms with Crippen molar-refractivity contribution < 1.29 is 8.42 Å². The van der Waals surface area contributed by atoms with Crippen LogP contribution >= 0.6 is 39.3 Å². The number of halogens is 2. The maximum absolute atomic E-state index is 12.3. The summed E-state index contributed by atoms with van der Waals surface area (Å²) in [6, 6.07) is 6.60. The van der Waals surface area contributed by atoms with Gasteiger partial charge in [0.2, 0.25) is 10.0 Å². The van der Waals surface area contributed by atoms with E-state index in [0.29, 0.717) is 16.6 Å². The van der Waals surface area contributed by atoms with E-state index < -0.39 is 15.6 Å². The van der Waals surface area contributed by atoms with Crippen molar-refractivity contribution in [3.8, 4) is 6.07 Å². The molecule has 1 aromatic carbocycles. The number of thioether (sulfide) groups is 1. The van der Waals surface area contributed by atoms with Crippen molar-refractivity contribution in [2.24, 2.45) is 0 Å². The van der Waals surface area contributed by atoms with Crippen molar-refractivity contribution in [3.05, 3.63) is 27.7 Å². The third kappa shape index (κ3) is 3.26. The maximum atomic E-state index is 12.3. The summed E-state index contributed by atoms with van der Waals surface area (Å²) in [7, 11) is -3.80. The molecule has 0 spiro atoms. The van der Waals surface area contributed by atoms with Crippen LogP contribution in [0.4, 0.5) is 0 Å². The number of nitrogens with one attached hydrogen (secondary N) is 1. The molecule has 1 atom stereocenters. The van der Waals surface area contributed by atoms with Gasteiger partial charge in [-0.05, 0) is 30.4 Å². The number of sulfonamides is 1. The predicted octanol–water partition coefficient (Wildman–Crippen LogP) is 2.78. The van der Waals surface area contributed by atoms with Crippen LogP contribution in [0.2, 0.25) is 5.02 Å². The fraction of sp³-hybridized carbons (Fsp3) is 0.364. The smallest absolute Gasteiger partial charge is 0.207 e. The minimum Gasteiger partial charge on any atom is -0.207 e. The van der Waals surface area contributed by atoms with Crippen LogP contribution in [0.5, 0.6) is 0 Å². The topological polar surface area (TPSA) is 70.0 Å². The van der Waals surface area contributed by atoms with Crippen LogP contribution in [0.15, 0.2) is 27.6 Å². The van der Waals surface area contributed by atoms with Gasteiger partial charge in [-0.25, -0.2) is 8.42 Å². The highest BCUT2D eigenvalue weighted by Gasteiger charge is 2.39. The van der Waals surface area contributed by atoms with Gasteiger partial charge < -0.3 is 0 Å². The molecule has 4 nitrogen and oxygen atoms in total. The van der Waals surface area contributed by atoms with Gasteiger partial charge in [-0.3, -0.25) is 0 Å². The molecule has 102 valence electrons. The second kappa shape index (κ2) is 5.62. The molecule has 1 heterocycles. The van der Waals surface area contributed by atoms with E-state index in [1.54, 1.807) is 17.8 Å². The van der Waals surface area contributed by atoms with Gasteiger partial charge in [0, 0.05) is 10.2 Å². The Morgan fingerprint density at radius 2 is 2.26 bits per heavy atom. The zero-order valence-corrected chi connectivity index (χ0v) is 13.7. The van der Waals surface area contributed by atoms with Gasteiger partial charge >= 0.3 is 0 Å². The highest BCUT2D eigenvalue weighted by atomic mass is 79.9. The van der Waals surface area contributed by atoms with Crippen LogP contribution in [0.1, 0.15) is 6.42 Å². The fourth-order valence-corrected chi connectivity index (χ4v) is 5.51. The van der Waals surface area contributed by atoms with Gasteiger partial charge in [0.1, 0.15) is 10.4 Å². The normalized spacial score (nSPS) is 23.2. The van der Waals surface area contributed by atoms with E-state index in [0.717, 1.165) is 5.75 Å². The Hall–Kier alpha value is -0.260. The summed E-state index contributed by atoms with van der Waals surface area (Å²) >= 11 is 10.7. The van der Waals surface area contributed by atoms with Gasteiger partial charge in [-0.2, -0.15) is 21.7 Å². The van der Waals surface area contributed by atoms with E-state index in [1.807, 2.05) is 0 Å². The Labute approximate surface area is 129 Å². The van der Waals surface area contributed by atoms with Crippen molar-refractivity contribution in [2.45, 2.75) is 16.9 Å². The summed E-state index contributed by atoms with van der Waals surface area (Å²) in [6.45, 7) is 0. The monoisotopic (exact) mass is 380 g/mol. The van der Waals surface area contributed by atoms with E-state index in [2.05, 4.69) is 26.7 Å². The average molecular weight is 382 g/mol. The summed E-state index contributed by atoms with van der Waals surface area (Å²) in [5, 5.41) is 9.33. The van der Waals surface area contributed by atoms with E-state index >= 15 is 0 Å². The third-order valence-corrected chi connectivity index (χ3v) is 6.45. The lowest BCUT2D eigenvalue weighted by Crippen LogP contribution is -2.47. The SMILES string of the molecule is N#CC1(NS(=O)(=O)c2ccc(Br)cc2Cl)CCSC1. The summed E-state index contributed by atoms with van der Waals surface area (Å²) in [6.07, 6.45) is 0.502. The molecule has 0 amide bonds. The van der Waals surface area contributed by atoms with Crippen LogP contribution in [0.25, 0.3) is 0 Å². The van der Waals surface area contributed by atoms with Gasteiger partial charge in [-0.15, -0.1) is 0 Å². The number of hydrogen-bond acceptors (Lipinski definition) is 4. The Bertz CT molecular complexity index is 637. The number of benzene rings is 1. The van der Waals surface area contributed by atoms with Crippen molar-refractivity contribution in [1.29, 1.82) is 5.26 Å². The molecule has 1 aliphatic rings. The zero-order chi connectivity index (χ0) is 14.1. The van der Waals surface area contributed by atoms with E-state index in [-0.39, 0.29) is 9.92 Å². The first kappa shape index (κ1) is 15.1. The quantitative estimate of drug-likeness (QED) is 0.874. The minimum atomic E-state index is -3.80. The molecule has 0 saturated carbocycles. The summed E-state index contributed by atoms with van der Waals surface area (Å²) < 4.78 is 27.8. The van der Waals surface area contributed by atoms with Crippen molar-refractivity contribution in [2.75, 3.05) is 11.5 Å². The second-order valence-corrected chi connectivity index (χ2v) is 8.26. The molecule has 0 aliphatic carbocycles. The van der Waals surface area contributed by atoms with Crippen molar-refractivity contribution >= 4 is 49.3 Å². The molecular weight excluding hydrogens is 372 g/mol. The summed E-state index contributed by atoms with van der Waals surface area (Å²) in [5.41, 5.74) is -1.03. The lowest BCUT2D eigenvalue weighted by molar-refractivity contribution is 0.515. The Balaban J connectivity index is 2.35. The second-order valence-electron chi connectivity index (χ2n) is 4.18. The third-order valence-electron chi connectivity index (χ3n) is 2.75.